The van der Waals surface area contributed by atoms with Gasteiger partial charge in [-0.3, -0.25) is 25.4 Å². The maximum atomic E-state index is 12.8. The lowest BCUT2D eigenvalue weighted by Crippen LogP contribution is -2.42. The number of hydrazine groups is 1. The molecule has 2 N–H and O–H groups in total. The quantitative estimate of drug-likeness (QED) is 0.520. The summed E-state index contributed by atoms with van der Waals surface area (Å²) in [6, 6.07) is 24.1. The van der Waals surface area contributed by atoms with Gasteiger partial charge in [-0.1, -0.05) is 66.7 Å². The van der Waals surface area contributed by atoms with E-state index in [1.54, 1.807) is 24.5 Å². The first-order valence-electron chi connectivity index (χ1n) is 8.98. The summed E-state index contributed by atoms with van der Waals surface area (Å²) in [5.41, 5.74) is 8.16. The Morgan fingerprint density at radius 2 is 1.34 bits per heavy atom. The Morgan fingerprint density at radius 3 is 2.00 bits per heavy atom. The Kier molecular flexibility index (Phi) is 5.16. The van der Waals surface area contributed by atoms with Gasteiger partial charge >= 0.3 is 5.91 Å². The highest BCUT2D eigenvalue weighted by Crippen LogP contribution is 2.36. The predicted molar refractivity (Wildman–Crippen MR) is 109 cm³/mol. The summed E-state index contributed by atoms with van der Waals surface area (Å²) in [5.74, 6) is -0.971. The lowest BCUT2D eigenvalue weighted by atomic mass is 9.96. The SMILES string of the molecule is O=C(NNC(=O)c1occ(-c2ccccc2)c1-c1ccccc1)c1ccccn1. The van der Waals surface area contributed by atoms with Crippen molar-refractivity contribution < 1.29 is 14.0 Å². The summed E-state index contributed by atoms with van der Waals surface area (Å²) >= 11 is 0. The van der Waals surface area contributed by atoms with Gasteiger partial charge < -0.3 is 4.42 Å². The topological polar surface area (TPSA) is 84.2 Å². The van der Waals surface area contributed by atoms with Crippen molar-refractivity contribution in [2.45, 2.75) is 0 Å². The van der Waals surface area contributed by atoms with E-state index in [0.29, 0.717) is 5.56 Å². The molecule has 0 aliphatic carbocycles. The Balaban J connectivity index is 1.64. The number of pyridine rings is 1. The molecule has 0 spiro atoms. The monoisotopic (exact) mass is 383 g/mol. The van der Waals surface area contributed by atoms with E-state index in [0.717, 1.165) is 16.7 Å². The van der Waals surface area contributed by atoms with Gasteiger partial charge in [0.1, 0.15) is 5.69 Å². The Bertz CT molecular complexity index is 1120. The van der Waals surface area contributed by atoms with Gasteiger partial charge in [0, 0.05) is 17.3 Å². The molecule has 0 aliphatic heterocycles. The lowest BCUT2D eigenvalue weighted by molar-refractivity contribution is 0.0829. The number of nitrogens with one attached hydrogen (secondary N) is 2. The molecule has 6 heteroatoms. The minimum absolute atomic E-state index is 0.108. The highest BCUT2D eigenvalue weighted by molar-refractivity contribution is 6.04. The number of aromatic nitrogens is 1. The fraction of sp³-hybridized carbons (Fsp3) is 0. The Hall–Kier alpha value is -4.19. The van der Waals surface area contributed by atoms with Crippen molar-refractivity contribution in [1.82, 2.24) is 15.8 Å². The largest absolute Gasteiger partial charge is 0.458 e. The molecule has 0 atom stereocenters. The zero-order chi connectivity index (χ0) is 20.1. The standard InChI is InChI=1S/C23H17N3O3/c27-22(19-13-7-8-14-24-19)25-26-23(28)21-20(17-11-5-2-6-12-17)18(15-29-21)16-9-3-1-4-10-16/h1-15H,(H,25,27)(H,26,28). The van der Waals surface area contributed by atoms with E-state index in [1.165, 1.54) is 6.20 Å². The van der Waals surface area contributed by atoms with E-state index in [-0.39, 0.29) is 11.5 Å². The molecule has 6 nitrogen and oxygen atoms in total. The molecule has 2 amide bonds. The molecule has 142 valence electrons. The third-order valence-electron chi connectivity index (χ3n) is 4.33. The van der Waals surface area contributed by atoms with Gasteiger partial charge in [0.15, 0.2) is 0 Å². The van der Waals surface area contributed by atoms with Gasteiger partial charge in [-0.15, -0.1) is 0 Å². The number of carbonyl (C=O) groups is 2. The average molecular weight is 383 g/mol. The van der Waals surface area contributed by atoms with Crippen molar-refractivity contribution in [2.24, 2.45) is 0 Å². The van der Waals surface area contributed by atoms with Crippen LogP contribution in [0.4, 0.5) is 0 Å². The van der Waals surface area contributed by atoms with Gasteiger partial charge in [-0.25, -0.2) is 0 Å². The summed E-state index contributed by atoms with van der Waals surface area (Å²) < 4.78 is 5.63. The van der Waals surface area contributed by atoms with E-state index >= 15 is 0 Å². The first kappa shape index (κ1) is 18.2. The molecular formula is C23H17N3O3. The van der Waals surface area contributed by atoms with Crippen molar-refractivity contribution in [3.63, 3.8) is 0 Å². The van der Waals surface area contributed by atoms with E-state index in [2.05, 4.69) is 15.8 Å². The van der Waals surface area contributed by atoms with Crippen molar-refractivity contribution in [3.8, 4) is 22.3 Å². The maximum absolute atomic E-state index is 12.8. The molecule has 0 unspecified atom stereocenters. The van der Waals surface area contributed by atoms with E-state index < -0.39 is 11.8 Å². The van der Waals surface area contributed by atoms with Gasteiger partial charge in [-0.2, -0.15) is 0 Å². The van der Waals surface area contributed by atoms with Crippen LogP contribution in [0.5, 0.6) is 0 Å². The zero-order valence-electron chi connectivity index (χ0n) is 15.3. The molecule has 0 saturated carbocycles. The second-order valence-electron chi connectivity index (χ2n) is 6.21. The van der Waals surface area contributed by atoms with Gasteiger partial charge in [0.25, 0.3) is 5.91 Å². The van der Waals surface area contributed by atoms with Crippen LogP contribution in [0.15, 0.2) is 95.7 Å². The molecule has 4 aromatic rings. The van der Waals surface area contributed by atoms with Crippen LogP contribution in [0.25, 0.3) is 22.3 Å². The maximum Gasteiger partial charge on any atom is 0.306 e. The van der Waals surface area contributed by atoms with Crippen molar-refractivity contribution in [3.05, 3.63) is 103 Å². The number of furan rings is 1. The third kappa shape index (κ3) is 3.91. The number of amides is 2. The van der Waals surface area contributed by atoms with Gasteiger partial charge in [0.2, 0.25) is 5.76 Å². The number of nitrogens with zero attached hydrogens (tertiary/aromatic N) is 1. The first-order valence-corrected chi connectivity index (χ1v) is 8.98. The van der Waals surface area contributed by atoms with Gasteiger partial charge in [-0.05, 0) is 23.3 Å². The van der Waals surface area contributed by atoms with E-state index in [4.69, 9.17) is 4.42 Å². The highest BCUT2D eigenvalue weighted by Gasteiger charge is 2.23. The number of carbonyl (C=O) groups excluding carboxylic acids is 2. The number of benzene rings is 2. The Morgan fingerprint density at radius 1 is 0.724 bits per heavy atom. The zero-order valence-corrected chi connectivity index (χ0v) is 15.3. The fourth-order valence-corrected chi connectivity index (χ4v) is 2.98. The molecule has 0 bridgehead atoms. The predicted octanol–water partition coefficient (Wildman–Crippen LogP) is 4.08. The molecule has 2 aromatic heterocycles. The third-order valence-corrected chi connectivity index (χ3v) is 4.33. The van der Waals surface area contributed by atoms with E-state index in [1.807, 2.05) is 60.7 Å². The number of rotatable bonds is 4. The molecular weight excluding hydrogens is 366 g/mol. The molecule has 0 radical (unpaired) electrons. The molecule has 4 rings (SSSR count). The van der Waals surface area contributed by atoms with Crippen LogP contribution in [0.1, 0.15) is 21.0 Å². The fourth-order valence-electron chi connectivity index (χ4n) is 2.98. The molecule has 0 saturated heterocycles. The average Bonchev–Trinajstić information content (AvgIpc) is 3.24. The minimum Gasteiger partial charge on any atom is -0.458 e. The summed E-state index contributed by atoms with van der Waals surface area (Å²) in [7, 11) is 0. The van der Waals surface area contributed by atoms with Crippen LogP contribution < -0.4 is 10.9 Å². The van der Waals surface area contributed by atoms with Gasteiger partial charge in [0.05, 0.1) is 6.26 Å². The summed E-state index contributed by atoms with van der Waals surface area (Å²) in [4.78, 5) is 28.9. The van der Waals surface area contributed by atoms with Crippen molar-refractivity contribution in [2.75, 3.05) is 0 Å². The summed E-state index contributed by atoms with van der Waals surface area (Å²) in [5, 5.41) is 0. The molecule has 2 heterocycles. The summed E-state index contributed by atoms with van der Waals surface area (Å²) in [6.45, 7) is 0. The molecule has 0 aliphatic rings. The Labute approximate surface area is 167 Å². The van der Waals surface area contributed by atoms with Crippen LogP contribution in [0.3, 0.4) is 0 Å². The molecule has 2 aromatic carbocycles. The lowest BCUT2D eigenvalue weighted by Gasteiger charge is -2.08. The van der Waals surface area contributed by atoms with Crippen LogP contribution in [0, 0.1) is 0 Å². The van der Waals surface area contributed by atoms with Crippen LogP contribution in [-0.4, -0.2) is 16.8 Å². The van der Waals surface area contributed by atoms with E-state index in [9.17, 15) is 9.59 Å². The first-order chi connectivity index (χ1) is 14.2. The van der Waals surface area contributed by atoms with Crippen LogP contribution >= 0.6 is 0 Å². The second kappa shape index (κ2) is 8.22. The molecule has 29 heavy (non-hydrogen) atoms. The minimum atomic E-state index is -0.560. The molecule has 0 fully saturated rings. The number of hydrogen-bond acceptors (Lipinski definition) is 4. The van der Waals surface area contributed by atoms with Crippen molar-refractivity contribution in [1.29, 1.82) is 0 Å². The van der Waals surface area contributed by atoms with Crippen molar-refractivity contribution >= 4 is 11.8 Å². The normalized spacial score (nSPS) is 10.3. The smallest absolute Gasteiger partial charge is 0.306 e. The van der Waals surface area contributed by atoms with Crippen LogP contribution in [0.2, 0.25) is 0 Å². The number of hydrogen-bond donors (Lipinski definition) is 2. The highest BCUT2D eigenvalue weighted by atomic mass is 16.3. The second-order valence-corrected chi connectivity index (χ2v) is 6.21. The van der Waals surface area contributed by atoms with Crippen LogP contribution in [-0.2, 0) is 0 Å². The summed E-state index contributed by atoms with van der Waals surface area (Å²) in [6.07, 6.45) is 3.05.